The van der Waals surface area contributed by atoms with Crippen LogP contribution in [0.25, 0.3) is 0 Å². The Bertz CT molecular complexity index is 962. The summed E-state index contributed by atoms with van der Waals surface area (Å²) in [6, 6.07) is 17.7. The number of carboxylic acids is 1. The predicted octanol–water partition coefficient (Wildman–Crippen LogP) is 4.87. The summed E-state index contributed by atoms with van der Waals surface area (Å²) in [6.07, 6.45) is 2.21. The van der Waals surface area contributed by atoms with Gasteiger partial charge in [0.25, 0.3) is 0 Å². The largest absolute Gasteiger partial charge is 0.476 e. The first kappa shape index (κ1) is 19.6. The summed E-state index contributed by atoms with van der Waals surface area (Å²) in [5.41, 5.74) is 0.465. The minimum Gasteiger partial charge on any atom is -0.476 e. The fourth-order valence-electron chi connectivity index (χ4n) is 3.53. The molecule has 2 aromatic carbocycles. The van der Waals surface area contributed by atoms with Crippen molar-refractivity contribution in [3.05, 3.63) is 72.1 Å². The molecule has 3 rings (SSSR count). The van der Waals surface area contributed by atoms with E-state index in [1.54, 1.807) is 4.68 Å². The Morgan fingerprint density at radius 3 is 2.36 bits per heavy atom. The molecule has 0 saturated heterocycles. The summed E-state index contributed by atoms with van der Waals surface area (Å²) in [5.74, 6) is 0.497. The van der Waals surface area contributed by atoms with Gasteiger partial charge in [-0.05, 0) is 55.5 Å². The van der Waals surface area contributed by atoms with E-state index in [9.17, 15) is 4.79 Å². The molecule has 1 aromatic heterocycles. The number of ether oxygens (including phenoxy) is 1. The van der Waals surface area contributed by atoms with Crippen LogP contribution in [-0.2, 0) is 11.0 Å². The molecule has 0 amide bonds. The Morgan fingerprint density at radius 1 is 1.04 bits per heavy atom. The van der Waals surface area contributed by atoms with E-state index in [0.29, 0.717) is 0 Å². The van der Waals surface area contributed by atoms with Gasteiger partial charge < -0.3 is 9.84 Å². The van der Waals surface area contributed by atoms with E-state index in [0.717, 1.165) is 23.5 Å². The third-order valence-corrected chi connectivity index (χ3v) is 4.80. The van der Waals surface area contributed by atoms with E-state index < -0.39 is 11.5 Å². The van der Waals surface area contributed by atoms with Gasteiger partial charge in [-0.1, -0.05) is 49.4 Å². The fraction of sp³-hybridized carbons (Fsp3) is 0.318. The maximum absolute atomic E-state index is 11.1. The first-order chi connectivity index (χ1) is 13.2. The van der Waals surface area contributed by atoms with Gasteiger partial charge in [-0.15, -0.1) is 5.10 Å². The van der Waals surface area contributed by atoms with E-state index in [2.05, 4.69) is 30.2 Å². The smallest absolute Gasteiger partial charge is 0.358 e. The standard InChI is InChI=1S/C22H25N3O3/c1-21(2,15-22(3,4)25-14-19(20(26)27)23-24-25)16-9-8-12-18(13-16)28-17-10-6-5-7-11-17/h5-14H,15H2,1-4H3,(H,26,27). The lowest BCUT2D eigenvalue weighted by atomic mass is 9.75. The number of hydrogen-bond donors (Lipinski definition) is 1. The number of benzene rings is 2. The zero-order chi connectivity index (χ0) is 20.4. The molecule has 3 aromatic rings. The molecule has 0 aliphatic rings. The molecule has 0 bridgehead atoms. The van der Waals surface area contributed by atoms with Crippen molar-refractivity contribution in [2.75, 3.05) is 0 Å². The Hall–Kier alpha value is -3.15. The molecule has 1 N–H and O–H groups in total. The highest BCUT2D eigenvalue weighted by molar-refractivity contribution is 5.84. The minimum atomic E-state index is -1.08. The summed E-state index contributed by atoms with van der Waals surface area (Å²) in [5, 5.41) is 16.9. The quantitative estimate of drug-likeness (QED) is 0.633. The molecule has 0 aliphatic carbocycles. The highest BCUT2D eigenvalue weighted by Crippen LogP contribution is 2.37. The molecule has 146 valence electrons. The second-order valence-electron chi connectivity index (χ2n) is 8.17. The first-order valence-electron chi connectivity index (χ1n) is 9.17. The van der Waals surface area contributed by atoms with Gasteiger partial charge in [-0.25, -0.2) is 9.48 Å². The number of para-hydroxylation sites is 1. The van der Waals surface area contributed by atoms with E-state index >= 15 is 0 Å². The zero-order valence-corrected chi connectivity index (χ0v) is 16.6. The van der Waals surface area contributed by atoms with Crippen LogP contribution in [0.3, 0.4) is 0 Å². The van der Waals surface area contributed by atoms with E-state index in [1.807, 2.05) is 62.4 Å². The number of hydrogen-bond acceptors (Lipinski definition) is 4. The van der Waals surface area contributed by atoms with Gasteiger partial charge in [0, 0.05) is 0 Å². The Kier molecular flexibility index (Phi) is 5.23. The third-order valence-electron chi connectivity index (χ3n) is 4.80. The van der Waals surface area contributed by atoms with Crippen molar-refractivity contribution < 1.29 is 14.6 Å². The van der Waals surface area contributed by atoms with E-state index in [4.69, 9.17) is 9.84 Å². The maximum atomic E-state index is 11.1. The van der Waals surface area contributed by atoms with Gasteiger partial charge >= 0.3 is 5.97 Å². The van der Waals surface area contributed by atoms with Gasteiger partial charge in [0.1, 0.15) is 11.5 Å². The van der Waals surface area contributed by atoms with Crippen LogP contribution in [0.2, 0.25) is 0 Å². The van der Waals surface area contributed by atoms with Crippen molar-refractivity contribution >= 4 is 5.97 Å². The molecule has 6 heteroatoms. The van der Waals surface area contributed by atoms with Crippen LogP contribution in [0.15, 0.2) is 60.8 Å². The Morgan fingerprint density at radius 2 is 1.71 bits per heavy atom. The number of carbonyl (C=O) groups is 1. The van der Waals surface area contributed by atoms with Crippen LogP contribution < -0.4 is 4.74 Å². The van der Waals surface area contributed by atoms with E-state index in [-0.39, 0.29) is 11.1 Å². The van der Waals surface area contributed by atoms with Gasteiger partial charge in [-0.2, -0.15) is 0 Å². The predicted molar refractivity (Wildman–Crippen MR) is 107 cm³/mol. The number of aromatic carboxylic acids is 1. The van der Waals surface area contributed by atoms with Crippen LogP contribution in [0.4, 0.5) is 0 Å². The van der Waals surface area contributed by atoms with Gasteiger partial charge in [0.05, 0.1) is 11.7 Å². The molecule has 6 nitrogen and oxygen atoms in total. The third kappa shape index (κ3) is 4.39. The maximum Gasteiger partial charge on any atom is 0.358 e. The van der Waals surface area contributed by atoms with Crippen molar-refractivity contribution in [1.82, 2.24) is 15.0 Å². The average molecular weight is 379 g/mol. The summed E-state index contributed by atoms with van der Waals surface area (Å²) in [4.78, 5) is 11.1. The molecule has 0 unspecified atom stereocenters. The lowest BCUT2D eigenvalue weighted by Crippen LogP contribution is -2.35. The van der Waals surface area contributed by atoms with Gasteiger partial charge in [-0.3, -0.25) is 0 Å². The topological polar surface area (TPSA) is 77.2 Å². The van der Waals surface area contributed by atoms with Crippen LogP contribution in [-0.4, -0.2) is 26.1 Å². The molecule has 0 saturated carbocycles. The monoisotopic (exact) mass is 379 g/mol. The summed E-state index contributed by atoms with van der Waals surface area (Å²) in [6.45, 7) is 8.37. The summed E-state index contributed by atoms with van der Waals surface area (Å²) >= 11 is 0. The molecular weight excluding hydrogens is 354 g/mol. The number of nitrogens with zero attached hydrogens (tertiary/aromatic N) is 3. The first-order valence-corrected chi connectivity index (χ1v) is 9.17. The molecule has 0 spiro atoms. The second-order valence-corrected chi connectivity index (χ2v) is 8.17. The highest BCUT2D eigenvalue weighted by atomic mass is 16.5. The second kappa shape index (κ2) is 7.46. The van der Waals surface area contributed by atoms with Crippen molar-refractivity contribution in [3.63, 3.8) is 0 Å². The Labute approximate surface area is 164 Å². The molecule has 1 heterocycles. The molecule has 0 radical (unpaired) electrons. The fourth-order valence-corrected chi connectivity index (χ4v) is 3.53. The van der Waals surface area contributed by atoms with Crippen molar-refractivity contribution in [3.8, 4) is 11.5 Å². The zero-order valence-electron chi connectivity index (χ0n) is 16.6. The molecule has 0 aliphatic heterocycles. The van der Waals surface area contributed by atoms with Gasteiger partial charge in [0.15, 0.2) is 5.69 Å². The lowest BCUT2D eigenvalue weighted by Gasteiger charge is -2.35. The summed E-state index contributed by atoms with van der Waals surface area (Å²) < 4.78 is 7.59. The lowest BCUT2D eigenvalue weighted by molar-refractivity contribution is 0.0690. The summed E-state index contributed by atoms with van der Waals surface area (Å²) in [7, 11) is 0. The van der Waals surface area contributed by atoms with Crippen molar-refractivity contribution in [2.24, 2.45) is 0 Å². The molecule has 0 fully saturated rings. The SMILES string of the molecule is CC(C)(CC(C)(C)n1cc(C(=O)O)nn1)c1cccc(Oc2ccccc2)c1. The number of aromatic nitrogens is 3. The highest BCUT2D eigenvalue weighted by Gasteiger charge is 2.33. The minimum absolute atomic E-state index is 0.0517. The normalized spacial score (nSPS) is 12.0. The van der Waals surface area contributed by atoms with Crippen LogP contribution in [0.1, 0.15) is 50.2 Å². The molecular formula is C22H25N3O3. The molecule has 28 heavy (non-hydrogen) atoms. The van der Waals surface area contributed by atoms with Crippen molar-refractivity contribution in [2.45, 2.75) is 45.1 Å². The van der Waals surface area contributed by atoms with E-state index in [1.165, 1.54) is 6.20 Å². The van der Waals surface area contributed by atoms with Gasteiger partial charge in [0.2, 0.25) is 0 Å². The molecule has 0 atom stereocenters. The average Bonchev–Trinajstić information content (AvgIpc) is 3.14. The van der Waals surface area contributed by atoms with Crippen molar-refractivity contribution in [1.29, 1.82) is 0 Å². The Balaban J connectivity index is 1.81. The number of carboxylic acid groups (broad SMARTS) is 1. The van der Waals surface area contributed by atoms with Crippen LogP contribution >= 0.6 is 0 Å². The van der Waals surface area contributed by atoms with Crippen LogP contribution in [0.5, 0.6) is 11.5 Å². The van der Waals surface area contributed by atoms with Crippen LogP contribution in [0, 0.1) is 0 Å². The number of rotatable bonds is 7.